The molecule has 5 heterocycles. The van der Waals surface area contributed by atoms with Gasteiger partial charge in [0.05, 0.1) is 23.9 Å². The fourth-order valence-corrected chi connectivity index (χ4v) is 6.05. The van der Waals surface area contributed by atoms with E-state index in [4.69, 9.17) is 19.7 Å². The maximum Gasteiger partial charge on any atom is 0.229 e. The molecule has 3 aliphatic heterocycles. The van der Waals surface area contributed by atoms with E-state index in [1.54, 1.807) is 0 Å². The third kappa shape index (κ3) is 4.47. The summed E-state index contributed by atoms with van der Waals surface area (Å²) in [5.41, 5.74) is 4.04. The lowest BCUT2D eigenvalue weighted by Gasteiger charge is -2.46. The molecule has 0 unspecified atom stereocenters. The standard InChI is InChI=1S/C29H37N7O/c1-28(2)14-24-29(3,18-37-28)23-17-32-27(34-21-10-8-19(9-11-21)20-12-13-31-15-20)35-26(23)36(24)25-7-5-6-22(33-25)16-30-4/h5-11,17,20,24,30-31H,12-16,18H2,1-4H3,(H,32,34,35)/t20-,24+,29+/m0/s1. The van der Waals surface area contributed by atoms with Gasteiger partial charge in [0.15, 0.2) is 0 Å². The van der Waals surface area contributed by atoms with E-state index in [1.165, 1.54) is 12.0 Å². The van der Waals surface area contributed by atoms with E-state index < -0.39 is 0 Å². The molecule has 8 nitrogen and oxygen atoms in total. The molecule has 0 bridgehead atoms. The van der Waals surface area contributed by atoms with Gasteiger partial charge in [0, 0.05) is 36.0 Å². The average molecular weight is 500 g/mol. The van der Waals surface area contributed by atoms with Crippen molar-refractivity contribution < 1.29 is 4.74 Å². The van der Waals surface area contributed by atoms with Crippen LogP contribution in [0.3, 0.4) is 0 Å². The molecule has 2 fully saturated rings. The number of ether oxygens (including phenoxy) is 1. The van der Waals surface area contributed by atoms with Crippen LogP contribution < -0.4 is 20.9 Å². The molecule has 3 N–H and O–H groups in total. The fraction of sp³-hybridized carbons (Fsp3) is 0.483. The number of fused-ring (bicyclic) bond motifs is 3. The summed E-state index contributed by atoms with van der Waals surface area (Å²) in [7, 11) is 1.94. The summed E-state index contributed by atoms with van der Waals surface area (Å²) in [6.45, 7) is 10.1. The van der Waals surface area contributed by atoms with Crippen LogP contribution in [-0.4, -0.2) is 53.3 Å². The van der Waals surface area contributed by atoms with Gasteiger partial charge < -0.3 is 25.6 Å². The first-order valence-corrected chi connectivity index (χ1v) is 13.4. The summed E-state index contributed by atoms with van der Waals surface area (Å²) in [4.78, 5) is 17.2. The van der Waals surface area contributed by atoms with Gasteiger partial charge in [0.2, 0.25) is 5.95 Å². The summed E-state index contributed by atoms with van der Waals surface area (Å²) >= 11 is 0. The number of benzene rings is 1. The number of anilines is 4. The highest BCUT2D eigenvalue weighted by molar-refractivity contribution is 5.71. The van der Waals surface area contributed by atoms with Gasteiger partial charge in [-0.05, 0) is 76.0 Å². The Balaban J connectivity index is 1.35. The second-order valence-corrected chi connectivity index (χ2v) is 11.4. The quantitative estimate of drug-likeness (QED) is 0.460. The van der Waals surface area contributed by atoms with Crippen molar-refractivity contribution >= 4 is 23.3 Å². The third-order valence-corrected chi connectivity index (χ3v) is 8.20. The molecule has 0 saturated carbocycles. The van der Waals surface area contributed by atoms with Gasteiger partial charge in [-0.2, -0.15) is 4.98 Å². The smallest absolute Gasteiger partial charge is 0.229 e. The zero-order valence-corrected chi connectivity index (χ0v) is 22.2. The van der Waals surface area contributed by atoms with Crippen molar-refractivity contribution in [2.75, 3.05) is 37.0 Å². The Bertz CT molecular complexity index is 1270. The first-order chi connectivity index (χ1) is 17.9. The second-order valence-electron chi connectivity index (χ2n) is 11.4. The van der Waals surface area contributed by atoms with Crippen molar-refractivity contribution in [2.24, 2.45) is 0 Å². The number of hydrogen-bond donors (Lipinski definition) is 3. The number of rotatable bonds is 6. The first kappa shape index (κ1) is 24.3. The van der Waals surface area contributed by atoms with Crippen LogP contribution >= 0.6 is 0 Å². The molecule has 0 radical (unpaired) electrons. The molecule has 0 amide bonds. The van der Waals surface area contributed by atoms with Gasteiger partial charge in [-0.15, -0.1) is 0 Å². The molecule has 3 aromatic rings. The summed E-state index contributed by atoms with van der Waals surface area (Å²) in [5, 5.41) is 10.1. The van der Waals surface area contributed by atoms with Crippen LogP contribution in [-0.2, 0) is 16.7 Å². The molecule has 0 aliphatic carbocycles. The Hall–Kier alpha value is -3.07. The monoisotopic (exact) mass is 499 g/mol. The van der Waals surface area contributed by atoms with Gasteiger partial charge in [-0.1, -0.05) is 25.1 Å². The minimum atomic E-state index is -0.224. The molecule has 194 valence electrons. The maximum atomic E-state index is 6.33. The van der Waals surface area contributed by atoms with Crippen molar-refractivity contribution in [1.82, 2.24) is 25.6 Å². The van der Waals surface area contributed by atoms with E-state index in [0.29, 0.717) is 25.0 Å². The predicted octanol–water partition coefficient (Wildman–Crippen LogP) is 4.39. The largest absolute Gasteiger partial charge is 0.374 e. The molecule has 6 rings (SSSR count). The minimum Gasteiger partial charge on any atom is -0.374 e. The van der Waals surface area contributed by atoms with E-state index >= 15 is 0 Å². The molecule has 2 saturated heterocycles. The summed E-state index contributed by atoms with van der Waals surface area (Å²) < 4.78 is 6.33. The lowest BCUT2D eigenvalue weighted by Crippen LogP contribution is -2.54. The van der Waals surface area contributed by atoms with Gasteiger partial charge >= 0.3 is 0 Å². The molecule has 0 spiro atoms. The van der Waals surface area contributed by atoms with Crippen LogP contribution in [0.5, 0.6) is 0 Å². The van der Waals surface area contributed by atoms with Crippen LogP contribution in [0.2, 0.25) is 0 Å². The highest BCUT2D eigenvalue weighted by atomic mass is 16.5. The third-order valence-electron chi connectivity index (χ3n) is 8.20. The van der Waals surface area contributed by atoms with E-state index in [0.717, 1.165) is 48.1 Å². The van der Waals surface area contributed by atoms with E-state index in [-0.39, 0.29) is 17.1 Å². The minimum absolute atomic E-state index is 0.174. The lowest BCUT2D eigenvalue weighted by molar-refractivity contribution is -0.0893. The molecule has 3 aliphatic rings. The zero-order chi connectivity index (χ0) is 25.6. The van der Waals surface area contributed by atoms with Crippen LogP contribution in [0.1, 0.15) is 56.4 Å². The zero-order valence-electron chi connectivity index (χ0n) is 22.2. The number of hydrogen-bond acceptors (Lipinski definition) is 8. The highest BCUT2D eigenvalue weighted by Gasteiger charge is 2.55. The van der Waals surface area contributed by atoms with Crippen molar-refractivity contribution in [2.45, 2.75) is 63.1 Å². The van der Waals surface area contributed by atoms with Crippen LogP contribution in [0.25, 0.3) is 0 Å². The summed E-state index contributed by atoms with van der Waals surface area (Å²) in [6.07, 6.45) is 4.05. The lowest BCUT2D eigenvalue weighted by atomic mass is 9.73. The van der Waals surface area contributed by atoms with Gasteiger partial charge in [-0.3, -0.25) is 0 Å². The Labute approximate surface area is 219 Å². The number of nitrogens with zero attached hydrogens (tertiary/aromatic N) is 4. The molecule has 2 aromatic heterocycles. The van der Waals surface area contributed by atoms with E-state index in [9.17, 15) is 0 Å². The molecule has 8 heteroatoms. The predicted molar refractivity (Wildman–Crippen MR) is 147 cm³/mol. The van der Waals surface area contributed by atoms with Gasteiger partial charge in [0.25, 0.3) is 0 Å². The van der Waals surface area contributed by atoms with Crippen molar-refractivity contribution in [3.8, 4) is 0 Å². The fourth-order valence-electron chi connectivity index (χ4n) is 6.05. The Morgan fingerprint density at radius 3 is 2.70 bits per heavy atom. The molecule has 1 aromatic carbocycles. The number of aromatic nitrogens is 3. The molecule has 37 heavy (non-hydrogen) atoms. The van der Waals surface area contributed by atoms with E-state index in [1.807, 2.05) is 13.2 Å². The Morgan fingerprint density at radius 1 is 1.11 bits per heavy atom. The summed E-state index contributed by atoms with van der Waals surface area (Å²) in [5.74, 6) is 3.02. The SMILES string of the molecule is CNCc1cccc(N2c3nc(Nc4ccc([C@H]5CCNC5)cc4)ncc3[C@@]3(C)COC(C)(C)C[C@@H]23)n1. The average Bonchev–Trinajstić information content (AvgIpc) is 3.50. The molecule has 3 atom stereocenters. The number of pyridine rings is 1. The summed E-state index contributed by atoms with van der Waals surface area (Å²) in [6, 6.07) is 15.1. The van der Waals surface area contributed by atoms with E-state index in [2.05, 4.69) is 84.1 Å². The molecular formula is C29H37N7O. The van der Waals surface area contributed by atoms with Crippen molar-refractivity contribution in [3.05, 3.63) is 65.5 Å². The molecular weight excluding hydrogens is 462 g/mol. The topological polar surface area (TPSA) is 87.2 Å². The first-order valence-electron chi connectivity index (χ1n) is 13.4. The van der Waals surface area contributed by atoms with Gasteiger partial charge in [0.1, 0.15) is 11.6 Å². The van der Waals surface area contributed by atoms with Crippen LogP contribution in [0.4, 0.5) is 23.3 Å². The van der Waals surface area contributed by atoms with Crippen molar-refractivity contribution in [1.29, 1.82) is 0 Å². The highest BCUT2D eigenvalue weighted by Crippen LogP contribution is 2.52. The maximum absolute atomic E-state index is 6.33. The van der Waals surface area contributed by atoms with Gasteiger partial charge in [-0.25, -0.2) is 9.97 Å². The second kappa shape index (κ2) is 9.35. The Morgan fingerprint density at radius 2 is 1.95 bits per heavy atom. The Kier molecular flexibility index (Phi) is 6.13. The van der Waals surface area contributed by atoms with Crippen molar-refractivity contribution in [3.63, 3.8) is 0 Å². The van der Waals surface area contributed by atoms with Crippen LogP contribution in [0.15, 0.2) is 48.7 Å². The number of nitrogens with one attached hydrogen (secondary N) is 3. The normalized spacial score (nSPS) is 26.1. The van der Waals surface area contributed by atoms with Crippen LogP contribution in [0, 0.1) is 0 Å².